The van der Waals surface area contributed by atoms with E-state index in [1.54, 1.807) is 0 Å². The van der Waals surface area contributed by atoms with Crippen LogP contribution < -0.4 is 5.32 Å². The van der Waals surface area contributed by atoms with Crippen LogP contribution in [0.5, 0.6) is 5.75 Å². The summed E-state index contributed by atoms with van der Waals surface area (Å²) in [5.74, 6) is 1.51. The summed E-state index contributed by atoms with van der Waals surface area (Å²) in [7, 11) is 0. The maximum atomic E-state index is 12.4. The van der Waals surface area contributed by atoms with Gasteiger partial charge in [-0.25, -0.2) is 0 Å². The predicted octanol–water partition coefficient (Wildman–Crippen LogP) is 3.63. The zero-order chi connectivity index (χ0) is 22.5. The number of benzene rings is 1. The van der Waals surface area contributed by atoms with Crippen LogP contribution >= 0.6 is 0 Å². The number of carbonyl (C=O) groups excluding carboxylic acids is 1. The number of rotatable bonds is 5. The Kier molecular flexibility index (Phi) is 5.75. The number of hydrogen-bond donors (Lipinski definition) is 2. The molecule has 4 fully saturated rings. The zero-order valence-corrected chi connectivity index (χ0v) is 19.7. The molecule has 6 nitrogen and oxygen atoms in total. The second-order valence-corrected chi connectivity index (χ2v) is 11.0. The normalized spacial score (nSPS) is 36.1. The number of nitrogens with zero attached hydrogens (tertiary/aromatic N) is 1. The lowest BCUT2D eigenvalue weighted by Crippen LogP contribution is -2.58. The summed E-state index contributed by atoms with van der Waals surface area (Å²) >= 11 is 0. The average molecular weight is 443 g/mol. The lowest BCUT2D eigenvalue weighted by Gasteiger charge is -2.53. The first-order valence-corrected chi connectivity index (χ1v) is 12.4. The van der Waals surface area contributed by atoms with Crippen LogP contribution in [0.1, 0.15) is 63.7 Å². The SMILES string of the molecule is CCC(=O)N[C@@H]1C(C)(C)[C@@H]2C[C@@H]3[C@@H](c4ccc(O)c(CN5CCOCC5)c4)OCCC31C2. The van der Waals surface area contributed by atoms with Crippen molar-refractivity contribution in [3.8, 4) is 5.75 Å². The first kappa shape index (κ1) is 22.2. The number of phenolic OH excluding ortho intramolecular Hbond substituents is 1. The third-order valence-electron chi connectivity index (χ3n) is 9.06. The van der Waals surface area contributed by atoms with E-state index in [1.807, 2.05) is 19.1 Å². The van der Waals surface area contributed by atoms with Gasteiger partial charge in [0.2, 0.25) is 5.91 Å². The Hall–Kier alpha value is -1.63. The lowest BCUT2D eigenvalue weighted by molar-refractivity contribution is -0.137. The van der Waals surface area contributed by atoms with Crippen LogP contribution in [0.3, 0.4) is 0 Å². The summed E-state index contributed by atoms with van der Waals surface area (Å²) in [5, 5.41) is 14.0. The molecule has 1 aromatic rings. The molecular formula is C26H38N2O4. The number of morpholine rings is 1. The monoisotopic (exact) mass is 442 g/mol. The largest absolute Gasteiger partial charge is 0.508 e. The number of fused-ring (bicyclic) bond motifs is 1. The van der Waals surface area contributed by atoms with Crippen LogP contribution in [-0.4, -0.2) is 54.9 Å². The predicted molar refractivity (Wildman–Crippen MR) is 122 cm³/mol. The molecule has 1 amide bonds. The molecule has 5 atom stereocenters. The molecule has 1 spiro atoms. The summed E-state index contributed by atoms with van der Waals surface area (Å²) in [6.07, 6.45) is 3.89. The first-order valence-electron chi connectivity index (χ1n) is 12.4. The van der Waals surface area contributed by atoms with E-state index in [4.69, 9.17) is 9.47 Å². The second kappa shape index (κ2) is 8.30. The second-order valence-electron chi connectivity index (χ2n) is 11.0. The van der Waals surface area contributed by atoms with Crippen molar-refractivity contribution in [3.63, 3.8) is 0 Å². The molecule has 4 aliphatic rings. The van der Waals surface area contributed by atoms with Gasteiger partial charge in [-0.1, -0.05) is 26.8 Å². The molecule has 0 aromatic heterocycles. The van der Waals surface area contributed by atoms with Gasteiger partial charge in [-0.05, 0) is 59.6 Å². The topological polar surface area (TPSA) is 71.0 Å². The Morgan fingerprint density at radius 2 is 2.03 bits per heavy atom. The van der Waals surface area contributed by atoms with E-state index in [-0.39, 0.29) is 28.9 Å². The Labute approximate surface area is 191 Å². The molecule has 2 N–H and O–H groups in total. The van der Waals surface area contributed by atoms with E-state index in [9.17, 15) is 9.90 Å². The third kappa shape index (κ3) is 3.55. The van der Waals surface area contributed by atoms with Crippen LogP contribution in [0, 0.1) is 22.7 Å². The average Bonchev–Trinajstić information content (AvgIpc) is 3.28. The minimum atomic E-state index is 0.0231. The van der Waals surface area contributed by atoms with E-state index in [2.05, 4.69) is 30.1 Å². The van der Waals surface area contributed by atoms with Gasteiger partial charge in [0.1, 0.15) is 5.75 Å². The fraction of sp³-hybridized carbons (Fsp3) is 0.731. The van der Waals surface area contributed by atoms with Gasteiger partial charge >= 0.3 is 0 Å². The molecule has 2 saturated heterocycles. The number of phenols is 1. The highest BCUT2D eigenvalue weighted by molar-refractivity contribution is 5.76. The Morgan fingerprint density at radius 3 is 2.78 bits per heavy atom. The summed E-state index contributed by atoms with van der Waals surface area (Å²) in [6, 6.07) is 6.23. The Bertz CT molecular complexity index is 865. The molecule has 2 saturated carbocycles. The molecule has 2 aliphatic heterocycles. The number of hydrogen-bond acceptors (Lipinski definition) is 5. The summed E-state index contributed by atoms with van der Waals surface area (Å²) in [5.41, 5.74) is 2.34. The molecule has 6 heteroatoms. The van der Waals surface area contributed by atoms with E-state index >= 15 is 0 Å². The van der Waals surface area contributed by atoms with Crippen LogP contribution in [0.2, 0.25) is 0 Å². The molecule has 2 heterocycles. The minimum Gasteiger partial charge on any atom is -0.508 e. The van der Waals surface area contributed by atoms with Gasteiger partial charge in [0, 0.05) is 44.3 Å². The lowest BCUT2D eigenvalue weighted by atomic mass is 9.58. The maximum Gasteiger partial charge on any atom is 0.219 e. The number of nitrogens with one attached hydrogen (secondary N) is 1. The fourth-order valence-corrected chi connectivity index (χ4v) is 7.29. The molecule has 0 radical (unpaired) electrons. The molecule has 5 rings (SSSR count). The van der Waals surface area contributed by atoms with Crippen molar-refractivity contribution in [1.29, 1.82) is 0 Å². The van der Waals surface area contributed by atoms with Gasteiger partial charge in [0.15, 0.2) is 0 Å². The van der Waals surface area contributed by atoms with Crippen molar-refractivity contribution in [3.05, 3.63) is 29.3 Å². The number of amides is 1. The number of aromatic hydroxyl groups is 1. The number of ether oxygens (including phenoxy) is 2. The molecule has 1 unspecified atom stereocenters. The van der Waals surface area contributed by atoms with E-state index < -0.39 is 0 Å². The van der Waals surface area contributed by atoms with E-state index in [1.165, 1.54) is 12.0 Å². The third-order valence-corrected chi connectivity index (χ3v) is 9.06. The van der Waals surface area contributed by atoms with Gasteiger partial charge in [0.05, 0.1) is 19.3 Å². The van der Waals surface area contributed by atoms with Crippen LogP contribution in [-0.2, 0) is 20.8 Å². The van der Waals surface area contributed by atoms with Gasteiger partial charge in [0.25, 0.3) is 0 Å². The summed E-state index contributed by atoms with van der Waals surface area (Å²) in [6.45, 7) is 11.4. The highest BCUT2D eigenvalue weighted by Crippen LogP contribution is 2.70. The van der Waals surface area contributed by atoms with Crippen molar-refractivity contribution in [2.24, 2.45) is 22.7 Å². The fourth-order valence-electron chi connectivity index (χ4n) is 7.29. The highest BCUT2D eigenvalue weighted by Gasteiger charge is 2.68. The Balaban J connectivity index is 1.42. The minimum absolute atomic E-state index is 0.0231. The van der Waals surface area contributed by atoms with Gasteiger partial charge in [-0.2, -0.15) is 0 Å². The van der Waals surface area contributed by atoms with Crippen molar-refractivity contribution < 1.29 is 19.4 Å². The van der Waals surface area contributed by atoms with E-state index in [0.717, 1.165) is 57.9 Å². The van der Waals surface area contributed by atoms with Crippen molar-refractivity contribution in [1.82, 2.24) is 10.2 Å². The van der Waals surface area contributed by atoms with Crippen molar-refractivity contribution >= 4 is 5.91 Å². The standard InChI is InChI=1S/C26H38N2O4/c1-4-22(30)27-24-25(2,3)19-14-20-23(32-10-7-26(20,24)15-19)17-5-6-21(29)18(13-17)16-28-8-11-31-12-9-28/h5-6,13,19-20,23-24,29H,4,7-12,14-16H2,1-3H3,(H,27,30)/t19-,20-,23-,24-,26?/m1/s1. The van der Waals surface area contributed by atoms with Gasteiger partial charge in [-0.3, -0.25) is 9.69 Å². The molecule has 1 aromatic carbocycles. The molecular weight excluding hydrogens is 404 g/mol. The Morgan fingerprint density at radius 1 is 1.25 bits per heavy atom. The molecule has 2 aliphatic carbocycles. The van der Waals surface area contributed by atoms with Crippen LogP contribution in [0.4, 0.5) is 0 Å². The summed E-state index contributed by atoms with van der Waals surface area (Å²) in [4.78, 5) is 14.8. The first-order chi connectivity index (χ1) is 15.3. The van der Waals surface area contributed by atoms with Crippen molar-refractivity contribution in [2.75, 3.05) is 32.9 Å². The smallest absolute Gasteiger partial charge is 0.219 e. The molecule has 32 heavy (non-hydrogen) atoms. The highest BCUT2D eigenvalue weighted by atomic mass is 16.5. The molecule has 176 valence electrons. The van der Waals surface area contributed by atoms with Gasteiger partial charge in [-0.15, -0.1) is 0 Å². The number of carbonyl (C=O) groups is 1. The zero-order valence-electron chi connectivity index (χ0n) is 19.7. The van der Waals surface area contributed by atoms with Crippen LogP contribution in [0.15, 0.2) is 18.2 Å². The van der Waals surface area contributed by atoms with Gasteiger partial charge < -0.3 is 19.9 Å². The maximum absolute atomic E-state index is 12.4. The van der Waals surface area contributed by atoms with Crippen LogP contribution in [0.25, 0.3) is 0 Å². The van der Waals surface area contributed by atoms with Crippen molar-refractivity contribution in [2.45, 2.75) is 65.1 Å². The van der Waals surface area contributed by atoms with E-state index in [0.29, 0.717) is 24.0 Å². The molecule has 2 bridgehead atoms. The quantitative estimate of drug-likeness (QED) is 0.729. The summed E-state index contributed by atoms with van der Waals surface area (Å²) < 4.78 is 11.9.